The van der Waals surface area contributed by atoms with Gasteiger partial charge in [-0.25, -0.2) is 0 Å². The molecule has 0 spiro atoms. The van der Waals surface area contributed by atoms with E-state index in [4.69, 9.17) is 0 Å². The summed E-state index contributed by atoms with van der Waals surface area (Å²) in [6.07, 6.45) is 0. The predicted octanol–water partition coefficient (Wildman–Crippen LogP) is -1.48. The van der Waals surface area contributed by atoms with E-state index in [1.54, 1.807) is 0 Å². The Balaban J connectivity index is -0.0000000245. The van der Waals surface area contributed by atoms with Gasteiger partial charge in [0.05, 0.1) is 0 Å². The van der Waals surface area contributed by atoms with Gasteiger partial charge in [0.2, 0.25) is 0 Å². The second kappa shape index (κ2) is 43.6. The van der Waals surface area contributed by atoms with E-state index in [1.807, 2.05) is 0 Å². The smallest absolute Gasteiger partial charge is 0.876 e. The first kappa shape index (κ1) is 49.7. The van der Waals surface area contributed by atoms with E-state index in [0.717, 1.165) is 0 Å². The van der Waals surface area contributed by atoms with E-state index in [2.05, 4.69) is 39.5 Å². The van der Waals surface area contributed by atoms with Gasteiger partial charge in [0.25, 0.3) is 0 Å². The molecule has 0 aliphatic heterocycles. The molecule has 0 saturated carbocycles. The molecule has 0 saturated heterocycles. The van der Waals surface area contributed by atoms with E-state index >= 15 is 0 Å². The second-order valence-electron chi connectivity index (χ2n) is 4.21. The van der Waals surface area contributed by atoms with E-state index < -0.39 is 0 Å². The maximum atomic E-state index is 9.33. The monoisotopic (exact) mass is 396 g/mol. The quantitative estimate of drug-likeness (QED) is 0.361. The van der Waals surface area contributed by atoms with Crippen LogP contribution >= 0.6 is 0 Å². The van der Waals surface area contributed by atoms with Crippen LogP contribution in [0.25, 0.3) is 0 Å². The van der Waals surface area contributed by atoms with E-state index in [0.29, 0.717) is 0 Å². The minimum absolute atomic E-state index is 0. The van der Waals surface area contributed by atoms with Crippen LogP contribution in [0.5, 0.6) is 0 Å². The molecule has 0 bridgehead atoms. The van der Waals surface area contributed by atoms with Crippen molar-refractivity contribution in [2.75, 3.05) is 0 Å². The Hall–Kier alpha value is -1.70. The summed E-state index contributed by atoms with van der Waals surface area (Å²) in [6.45, 7) is 26.5. The molecule has 0 unspecified atom stereocenters. The third kappa shape index (κ3) is 3520. The van der Waals surface area contributed by atoms with E-state index in [-0.39, 0.29) is 69.3 Å². The van der Waals surface area contributed by atoms with Crippen molar-refractivity contribution >= 4 is 34.7 Å². The molecular weight excluding hydrogens is 366 g/mol. The van der Waals surface area contributed by atoms with Crippen LogP contribution in [0.15, 0.2) is 74.0 Å². The zero-order chi connectivity index (χ0) is 21.5. The maximum Gasteiger partial charge on any atom is 3.00 e. The average Bonchev–Trinajstić information content (AvgIpc) is 2.08. The van der Waals surface area contributed by atoms with E-state index in [1.165, 1.54) is 41.5 Å². The summed E-state index contributed by atoms with van der Waals surface area (Å²) in [6, 6.07) is 0. The summed E-state index contributed by atoms with van der Waals surface area (Å²) >= 11 is 0. The predicted molar refractivity (Wildman–Crippen MR) is 100 cm³/mol. The van der Waals surface area contributed by atoms with Gasteiger partial charge in [0, 0.05) is 0 Å². The van der Waals surface area contributed by atoms with Crippen molar-refractivity contribution in [2.45, 2.75) is 41.5 Å². The summed E-state index contributed by atoms with van der Waals surface area (Å²) in [4.78, 5) is 0. The van der Waals surface area contributed by atoms with Crippen LogP contribution in [0, 0.1) is 0 Å². The van der Waals surface area contributed by atoms with Crippen LogP contribution in [-0.2, 0) is 0 Å². The van der Waals surface area contributed by atoms with Crippen LogP contribution in [0.1, 0.15) is 41.5 Å². The van der Waals surface area contributed by atoms with Crippen LogP contribution in [0.4, 0.5) is 0 Å². The van der Waals surface area contributed by atoms with Gasteiger partial charge in [0.15, 0.2) is 0 Å². The molecule has 0 amide bonds. The number of hydrogen-bond acceptors (Lipinski definition) is 6. The molecule has 0 heterocycles. The molecule has 0 radical (unpaired) electrons. The summed E-state index contributed by atoms with van der Waals surface area (Å²) in [7, 11) is 0. The normalized spacial score (nSPS) is 5.77. The molecule has 0 aliphatic carbocycles. The van der Waals surface area contributed by atoms with Crippen molar-refractivity contribution in [3.05, 3.63) is 74.0 Å². The molecule has 26 heavy (non-hydrogen) atoms. The molecule has 0 aromatic carbocycles. The topological polar surface area (TPSA) is 138 Å². The van der Waals surface area contributed by atoms with Crippen molar-refractivity contribution in [3.63, 3.8) is 0 Å². The van der Waals surface area contributed by atoms with Gasteiger partial charge in [-0.2, -0.15) is 0 Å². The molecule has 8 heteroatoms. The van der Waals surface area contributed by atoms with Gasteiger partial charge in [-0.05, 0) is 0 Å². The number of rotatable bonds is 0. The summed E-state index contributed by atoms with van der Waals surface area (Å²) in [5.41, 5.74) is 0. The molecule has 0 aliphatic rings. The van der Waals surface area contributed by atoms with Gasteiger partial charge in [0.1, 0.15) is 0 Å². The minimum atomic E-state index is -0.0833. The van der Waals surface area contributed by atoms with Crippen LogP contribution in [0.3, 0.4) is 0 Å². The first-order valence-electron chi connectivity index (χ1n) is 6.35. The Labute approximate surface area is 180 Å². The van der Waals surface area contributed by atoms with Crippen LogP contribution < -0.4 is 30.6 Å². The summed E-state index contributed by atoms with van der Waals surface area (Å²) < 4.78 is 0. The largest absolute Gasteiger partial charge is 3.00 e. The van der Waals surface area contributed by atoms with Crippen molar-refractivity contribution in [1.82, 2.24) is 0 Å². The molecule has 144 valence electrons. The summed E-state index contributed by atoms with van der Waals surface area (Å²) in [5.74, 6) is -0.500. The fourth-order valence-corrected chi connectivity index (χ4v) is 0. The van der Waals surface area contributed by atoms with Crippen molar-refractivity contribution in [3.8, 4) is 0 Å². The van der Waals surface area contributed by atoms with Crippen molar-refractivity contribution < 1.29 is 30.6 Å². The standard InChI is InChI=1S/6C3H6O.2Al/c6*1-3(2)4;;/h6*4H,1H2,2H3;;/q;;;;;;2*+3/p-6. The molecule has 0 rings (SSSR count). The van der Waals surface area contributed by atoms with Gasteiger partial charge in [-0.3, -0.25) is 0 Å². The molecule has 0 fully saturated rings. The Morgan fingerprint density at radius 2 is 0.346 bits per heavy atom. The molecule has 6 nitrogen and oxygen atoms in total. The van der Waals surface area contributed by atoms with Gasteiger partial charge >= 0.3 is 34.7 Å². The SMILES string of the molecule is C=C(C)[O-].C=C(C)[O-].C=C(C)[O-].C=C(C)[O-].C=C(C)[O-].C=C(C)[O-].[Al+3].[Al+3]. The molecular formula is C18H30Al2O6. The Kier molecular flexibility index (Phi) is 83.3. The Bertz CT molecular complexity index is 261. The Morgan fingerprint density at radius 3 is 0.346 bits per heavy atom. The third-order valence-corrected chi connectivity index (χ3v) is 0. The number of allylic oxidation sites excluding steroid dienone is 6. The van der Waals surface area contributed by atoms with Gasteiger partial charge in [-0.1, -0.05) is 41.5 Å². The van der Waals surface area contributed by atoms with E-state index in [9.17, 15) is 30.6 Å². The molecule has 0 N–H and O–H groups in total. The molecule has 0 atom stereocenters. The minimum Gasteiger partial charge on any atom is -0.876 e. The van der Waals surface area contributed by atoms with Crippen molar-refractivity contribution in [2.24, 2.45) is 0 Å². The molecule has 0 aromatic rings. The van der Waals surface area contributed by atoms with Crippen molar-refractivity contribution in [1.29, 1.82) is 0 Å². The van der Waals surface area contributed by atoms with Gasteiger partial charge < -0.3 is 30.6 Å². The fourth-order valence-electron chi connectivity index (χ4n) is 0. The van der Waals surface area contributed by atoms with Crippen LogP contribution in [0.2, 0.25) is 0 Å². The fraction of sp³-hybridized carbons (Fsp3) is 0.333. The Morgan fingerprint density at radius 1 is 0.346 bits per heavy atom. The first-order chi connectivity index (χ1) is 10.4. The third-order valence-electron chi connectivity index (χ3n) is 0. The summed E-state index contributed by atoms with van der Waals surface area (Å²) in [5, 5.41) is 56.0. The first-order valence-corrected chi connectivity index (χ1v) is 6.35. The van der Waals surface area contributed by atoms with Gasteiger partial charge in [-0.15, -0.1) is 74.0 Å². The number of hydrogen-bond donors (Lipinski definition) is 0. The average molecular weight is 396 g/mol. The maximum absolute atomic E-state index is 9.33. The zero-order valence-corrected chi connectivity index (χ0v) is 19.2. The van der Waals surface area contributed by atoms with Crippen LogP contribution in [-0.4, -0.2) is 34.7 Å². The zero-order valence-electron chi connectivity index (χ0n) is 16.8. The second-order valence-corrected chi connectivity index (χ2v) is 4.21. The molecule has 0 aromatic heterocycles.